The molecule has 2 aliphatic heterocycles. The Balaban J connectivity index is 1.47. The summed E-state index contributed by atoms with van der Waals surface area (Å²) < 4.78 is 0. The molecular weight excluding hydrogens is 454 g/mol. The number of amides is 3. The Bertz CT molecular complexity index is 1000. The third-order valence-electron chi connectivity index (χ3n) is 8.02. The summed E-state index contributed by atoms with van der Waals surface area (Å²) in [5.74, 6) is -0.307. The van der Waals surface area contributed by atoms with Gasteiger partial charge in [-0.05, 0) is 54.7 Å². The van der Waals surface area contributed by atoms with E-state index in [-0.39, 0.29) is 53.3 Å². The first kappa shape index (κ1) is 26.4. The summed E-state index contributed by atoms with van der Waals surface area (Å²) in [6.07, 6.45) is 5.00. The number of carbonyl (C=O) groups excluding carboxylic acids is 4. The van der Waals surface area contributed by atoms with E-state index in [0.717, 1.165) is 31.2 Å². The topological polar surface area (TPSA) is 86.8 Å². The molecule has 0 bridgehead atoms. The Hall–Kier alpha value is -2.70. The summed E-state index contributed by atoms with van der Waals surface area (Å²) in [5.41, 5.74) is 1.63. The second-order valence-electron chi connectivity index (χ2n) is 12.2. The molecule has 1 saturated carbocycles. The van der Waals surface area contributed by atoms with Gasteiger partial charge < -0.3 is 15.1 Å². The highest BCUT2D eigenvalue weighted by molar-refractivity contribution is 6.01. The molecule has 3 atom stereocenters. The molecule has 36 heavy (non-hydrogen) atoms. The minimum Gasteiger partial charge on any atom is -0.340 e. The largest absolute Gasteiger partial charge is 0.340 e. The molecular formula is C29H41N3O4. The van der Waals surface area contributed by atoms with Crippen molar-refractivity contribution in [2.24, 2.45) is 11.8 Å². The zero-order chi connectivity index (χ0) is 26.2. The van der Waals surface area contributed by atoms with E-state index in [1.54, 1.807) is 21.9 Å². The Morgan fingerprint density at radius 3 is 2.22 bits per heavy atom. The lowest BCUT2D eigenvalue weighted by molar-refractivity contribution is -0.138. The van der Waals surface area contributed by atoms with Crippen LogP contribution in [0.2, 0.25) is 0 Å². The lowest BCUT2D eigenvalue weighted by Crippen LogP contribution is -2.53. The molecule has 3 unspecified atom stereocenters. The van der Waals surface area contributed by atoms with Crippen molar-refractivity contribution in [2.75, 3.05) is 13.1 Å². The van der Waals surface area contributed by atoms with Crippen molar-refractivity contribution in [3.63, 3.8) is 0 Å². The van der Waals surface area contributed by atoms with Crippen molar-refractivity contribution in [1.82, 2.24) is 15.1 Å². The highest BCUT2D eigenvalue weighted by Gasteiger charge is 2.53. The van der Waals surface area contributed by atoms with Gasteiger partial charge in [-0.25, -0.2) is 0 Å². The van der Waals surface area contributed by atoms with E-state index in [9.17, 15) is 19.2 Å². The van der Waals surface area contributed by atoms with Crippen LogP contribution >= 0.6 is 0 Å². The van der Waals surface area contributed by atoms with Crippen molar-refractivity contribution in [3.05, 3.63) is 35.4 Å². The fraction of sp³-hybridized carbons (Fsp3) is 0.655. The van der Waals surface area contributed by atoms with Crippen LogP contribution in [0.1, 0.15) is 89.1 Å². The molecule has 3 amide bonds. The molecule has 1 N–H and O–H groups in total. The molecule has 0 spiro atoms. The van der Waals surface area contributed by atoms with E-state index in [2.05, 4.69) is 26.1 Å². The second-order valence-corrected chi connectivity index (χ2v) is 12.2. The number of benzene rings is 1. The first-order valence-electron chi connectivity index (χ1n) is 13.5. The van der Waals surface area contributed by atoms with Crippen LogP contribution in [0, 0.1) is 11.8 Å². The number of likely N-dealkylation sites (tertiary alicyclic amines) is 2. The predicted octanol–water partition coefficient (Wildman–Crippen LogP) is 3.70. The molecule has 196 valence electrons. The highest BCUT2D eigenvalue weighted by atomic mass is 16.2. The number of rotatable bonds is 6. The van der Waals surface area contributed by atoms with Crippen LogP contribution in [0.15, 0.2) is 24.3 Å². The third kappa shape index (κ3) is 5.35. The van der Waals surface area contributed by atoms with Gasteiger partial charge in [0.25, 0.3) is 5.91 Å². The van der Waals surface area contributed by atoms with Crippen molar-refractivity contribution >= 4 is 23.5 Å². The monoisotopic (exact) mass is 495 g/mol. The number of Topliss-reactive ketones (excluding diaryl/α,β-unsaturated/α-hetero) is 1. The zero-order valence-electron chi connectivity index (χ0n) is 22.4. The maximum atomic E-state index is 13.7. The van der Waals surface area contributed by atoms with Gasteiger partial charge in [-0.1, -0.05) is 59.6 Å². The van der Waals surface area contributed by atoms with Gasteiger partial charge in [-0.2, -0.15) is 0 Å². The van der Waals surface area contributed by atoms with Crippen LogP contribution in [0.4, 0.5) is 0 Å². The second kappa shape index (κ2) is 10.3. The fourth-order valence-electron chi connectivity index (χ4n) is 6.02. The Morgan fingerprint density at radius 2 is 1.64 bits per heavy atom. The van der Waals surface area contributed by atoms with Crippen molar-refractivity contribution in [1.29, 1.82) is 0 Å². The highest BCUT2D eigenvalue weighted by Crippen LogP contribution is 2.35. The van der Waals surface area contributed by atoms with Crippen LogP contribution in [-0.2, 0) is 19.8 Å². The Kier molecular flexibility index (Phi) is 7.58. The smallest absolute Gasteiger partial charge is 0.251 e. The third-order valence-corrected chi connectivity index (χ3v) is 8.02. The average Bonchev–Trinajstić information content (AvgIpc) is 3.56. The lowest BCUT2D eigenvalue weighted by Gasteiger charge is -2.29. The number of hydrogen-bond donors (Lipinski definition) is 1. The number of nitrogens with one attached hydrogen (secondary N) is 1. The lowest BCUT2D eigenvalue weighted by atomic mass is 9.86. The van der Waals surface area contributed by atoms with E-state index < -0.39 is 12.1 Å². The molecule has 4 rings (SSSR count). The summed E-state index contributed by atoms with van der Waals surface area (Å²) in [4.78, 5) is 56.3. The molecule has 3 aliphatic rings. The molecule has 7 heteroatoms. The standard InChI is InChI=1S/C29H41N3O4/c1-18(2)16-22(30-26(34)19-10-12-21(13-11-19)29(3,4)5)28(36)31-15-14-23-25(31)24(33)17-32(23)27(35)20-8-6-7-9-20/h10-13,18,20,22-23,25H,6-9,14-17H2,1-5H3,(H,30,34). The van der Waals surface area contributed by atoms with Gasteiger partial charge in [-0.3, -0.25) is 19.2 Å². The van der Waals surface area contributed by atoms with Crippen LogP contribution in [0.3, 0.4) is 0 Å². The van der Waals surface area contributed by atoms with E-state index >= 15 is 0 Å². The minimum atomic E-state index is -0.717. The minimum absolute atomic E-state index is 0.0129. The zero-order valence-corrected chi connectivity index (χ0v) is 22.4. The molecule has 0 radical (unpaired) electrons. The number of hydrogen-bond acceptors (Lipinski definition) is 4. The molecule has 0 aromatic heterocycles. The average molecular weight is 496 g/mol. The first-order chi connectivity index (χ1) is 17.0. The van der Waals surface area contributed by atoms with Gasteiger partial charge in [0.2, 0.25) is 11.8 Å². The van der Waals surface area contributed by atoms with Crippen LogP contribution in [0.5, 0.6) is 0 Å². The summed E-state index contributed by atoms with van der Waals surface area (Å²) in [7, 11) is 0. The van der Waals surface area contributed by atoms with E-state index in [1.165, 1.54) is 0 Å². The number of ketones is 1. The molecule has 7 nitrogen and oxygen atoms in total. The molecule has 2 heterocycles. The quantitative estimate of drug-likeness (QED) is 0.652. The summed E-state index contributed by atoms with van der Waals surface area (Å²) in [6, 6.07) is 5.94. The molecule has 1 aliphatic carbocycles. The predicted molar refractivity (Wildman–Crippen MR) is 138 cm³/mol. The SMILES string of the molecule is CC(C)CC(NC(=O)c1ccc(C(C)(C)C)cc1)C(=O)N1CCC2C1C(=O)CN2C(=O)C1CCCC1. The van der Waals surface area contributed by atoms with Crippen LogP contribution < -0.4 is 5.32 Å². The van der Waals surface area contributed by atoms with Gasteiger partial charge >= 0.3 is 0 Å². The number of nitrogens with zero attached hydrogens (tertiary/aromatic N) is 2. The summed E-state index contributed by atoms with van der Waals surface area (Å²) in [5, 5.41) is 2.95. The van der Waals surface area contributed by atoms with Gasteiger partial charge in [0.05, 0.1) is 12.6 Å². The first-order valence-corrected chi connectivity index (χ1v) is 13.5. The summed E-state index contributed by atoms with van der Waals surface area (Å²) in [6.45, 7) is 10.9. The van der Waals surface area contributed by atoms with Crippen LogP contribution in [-0.4, -0.2) is 64.5 Å². The van der Waals surface area contributed by atoms with Gasteiger partial charge in [0.1, 0.15) is 12.1 Å². The molecule has 3 fully saturated rings. The molecule has 1 aromatic carbocycles. The van der Waals surface area contributed by atoms with Crippen LogP contribution in [0.25, 0.3) is 0 Å². The molecule has 2 saturated heterocycles. The van der Waals surface area contributed by atoms with Crippen molar-refractivity contribution in [2.45, 2.75) is 96.7 Å². The maximum absolute atomic E-state index is 13.7. The van der Waals surface area contributed by atoms with Crippen molar-refractivity contribution in [3.8, 4) is 0 Å². The van der Waals surface area contributed by atoms with Gasteiger partial charge in [0, 0.05) is 18.0 Å². The van der Waals surface area contributed by atoms with Gasteiger partial charge in [-0.15, -0.1) is 0 Å². The van der Waals surface area contributed by atoms with Gasteiger partial charge in [0.15, 0.2) is 5.78 Å². The van der Waals surface area contributed by atoms with E-state index in [4.69, 9.17) is 0 Å². The fourth-order valence-corrected chi connectivity index (χ4v) is 6.02. The van der Waals surface area contributed by atoms with Crippen molar-refractivity contribution < 1.29 is 19.2 Å². The maximum Gasteiger partial charge on any atom is 0.251 e. The summed E-state index contributed by atoms with van der Waals surface area (Å²) >= 11 is 0. The van der Waals surface area contributed by atoms with E-state index in [0.29, 0.717) is 24.9 Å². The number of fused-ring (bicyclic) bond motifs is 1. The normalized spacial score (nSPS) is 23.3. The number of carbonyl (C=O) groups is 4. The Labute approximate surface area is 215 Å². The van der Waals surface area contributed by atoms with E-state index in [1.807, 2.05) is 26.0 Å². The molecule has 1 aromatic rings. The Morgan fingerprint density at radius 1 is 1.00 bits per heavy atom.